The van der Waals surface area contributed by atoms with Crippen LogP contribution in [0.4, 0.5) is 0 Å². The van der Waals surface area contributed by atoms with Crippen molar-refractivity contribution in [1.29, 1.82) is 0 Å². The van der Waals surface area contributed by atoms with E-state index in [1.165, 1.54) is 32.5 Å². The van der Waals surface area contributed by atoms with Gasteiger partial charge in [0.15, 0.2) is 0 Å². The Balaban J connectivity index is 2.14. The van der Waals surface area contributed by atoms with Crippen LogP contribution in [0.1, 0.15) is 33.6 Å². The Morgan fingerprint density at radius 1 is 1.44 bits per heavy atom. The van der Waals surface area contributed by atoms with Crippen molar-refractivity contribution in [1.82, 2.24) is 10.2 Å². The Hall–Kier alpha value is -0.120. The van der Waals surface area contributed by atoms with Gasteiger partial charge in [-0.1, -0.05) is 20.8 Å². The number of nitrogens with one attached hydrogen (secondary N) is 1. The van der Waals surface area contributed by atoms with Crippen LogP contribution in [0.2, 0.25) is 0 Å². The van der Waals surface area contributed by atoms with E-state index in [1.54, 1.807) is 0 Å². The molecular formula is C13H28N2O. The van der Waals surface area contributed by atoms with E-state index in [-0.39, 0.29) is 0 Å². The summed E-state index contributed by atoms with van der Waals surface area (Å²) in [6, 6.07) is 0.674. The maximum Gasteiger partial charge on any atom is 0.0593 e. The second-order valence-electron chi connectivity index (χ2n) is 5.18. The van der Waals surface area contributed by atoms with E-state index in [2.05, 4.69) is 31.0 Å². The van der Waals surface area contributed by atoms with Gasteiger partial charge in [0.25, 0.3) is 0 Å². The normalized spacial score (nSPS) is 23.6. The molecule has 1 heterocycles. The molecule has 0 spiro atoms. The second kappa shape index (κ2) is 8.04. The highest BCUT2D eigenvalue weighted by Crippen LogP contribution is 2.03. The first-order valence-corrected chi connectivity index (χ1v) is 6.75. The third-order valence-corrected chi connectivity index (χ3v) is 3.06. The number of rotatable bonds is 6. The molecule has 96 valence electrons. The molecule has 1 unspecified atom stereocenters. The van der Waals surface area contributed by atoms with Crippen LogP contribution < -0.4 is 5.32 Å². The lowest BCUT2D eigenvalue weighted by Crippen LogP contribution is -2.38. The molecule has 0 aromatic heterocycles. The van der Waals surface area contributed by atoms with Gasteiger partial charge in [0.1, 0.15) is 0 Å². The third-order valence-electron chi connectivity index (χ3n) is 3.06. The highest BCUT2D eigenvalue weighted by Gasteiger charge is 2.15. The monoisotopic (exact) mass is 228 g/mol. The molecule has 3 heteroatoms. The minimum atomic E-state index is 0.647. The minimum absolute atomic E-state index is 0.647. The largest absolute Gasteiger partial charge is 0.380 e. The fourth-order valence-electron chi connectivity index (χ4n) is 2.07. The fraction of sp³-hybridized carbons (Fsp3) is 1.00. The maximum absolute atomic E-state index is 5.65. The van der Waals surface area contributed by atoms with Crippen molar-refractivity contribution in [3.8, 4) is 0 Å². The van der Waals surface area contributed by atoms with Crippen molar-refractivity contribution in [3.05, 3.63) is 0 Å². The zero-order valence-electron chi connectivity index (χ0n) is 11.2. The first-order valence-electron chi connectivity index (χ1n) is 6.75. The SMILES string of the molecule is CCC1CN(CCOCC(C)C)CCCN1. The molecule has 1 aliphatic heterocycles. The Morgan fingerprint density at radius 3 is 2.94 bits per heavy atom. The van der Waals surface area contributed by atoms with Crippen LogP contribution in [0.5, 0.6) is 0 Å². The van der Waals surface area contributed by atoms with Gasteiger partial charge in [-0.15, -0.1) is 0 Å². The average molecular weight is 228 g/mol. The molecule has 0 aliphatic carbocycles. The summed E-state index contributed by atoms with van der Waals surface area (Å²) in [7, 11) is 0. The van der Waals surface area contributed by atoms with Crippen molar-refractivity contribution in [2.45, 2.75) is 39.7 Å². The lowest BCUT2D eigenvalue weighted by atomic mass is 10.2. The molecule has 0 bridgehead atoms. The molecule has 3 nitrogen and oxygen atoms in total. The number of hydrogen-bond donors (Lipinski definition) is 1. The van der Waals surface area contributed by atoms with Gasteiger partial charge in [0, 0.05) is 25.7 Å². The Morgan fingerprint density at radius 2 is 2.25 bits per heavy atom. The van der Waals surface area contributed by atoms with Crippen molar-refractivity contribution in [3.63, 3.8) is 0 Å². The van der Waals surface area contributed by atoms with Gasteiger partial charge in [-0.3, -0.25) is 4.90 Å². The predicted octanol–water partition coefficient (Wildman–Crippen LogP) is 1.73. The zero-order chi connectivity index (χ0) is 11.8. The molecule has 0 radical (unpaired) electrons. The summed E-state index contributed by atoms with van der Waals surface area (Å²) >= 11 is 0. The molecule has 0 aromatic carbocycles. The van der Waals surface area contributed by atoms with E-state index < -0.39 is 0 Å². The Kier molecular flexibility index (Phi) is 7.01. The summed E-state index contributed by atoms with van der Waals surface area (Å²) in [6.07, 6.45) is 2.49. The Labute approximate surface area is 101 Å². The first-order chi connectivity index (χ1) is 7.72. The highest BCUT2D eigenvalue weighted by atomic mass is 16.5. The summed E-state index contributed by atoms with van der Waals surface area (Å²) in [5.74, 6) is 0.647. The van der Waals surface area contributed by atoms with Crippen molar-refractivity contribution in [2.75, 3.05) is 39.4 Å². The molecule has 1 N–H and O–H groups in total. The van der Waals surface area contributed by atoms with Gasteiger partial charge in [0.05, 0.1) is 6.61 Å². The van der Waals surface area contributed by atoms with E-state index in [4.69, 9.17) is 4.74 Å². The average Bonchev–Trinajstić information content (AvgIpc) is 2.49. The standard InChI is InChI=1S/C13H28N2O/c1-4-13-10-15(7-5-6-14-13)8-9-16-11-12(2)3/h12-14H,4-11H2,1-3H3. The maximum atomic E-state index is 5.65. The molecule has 1 atom stereocenters. The van der Waals surface area contributed by atoms with Gasteiger partial charge < -0.3 is 10.1 Å². The highest BCUT2D eigenvalue weighted by molar-refractivity contribution is 4.75. The van der Waals surface area contributed by atoms with E-state index in [1.807, 2.05) is 0 Å². The lowest BCUT2D eigenvalue weighted by Gasteiger charge is -2.23. The van der Waals surface area contributed by atoms with Crippen molar-refractivity contribution >= 4 is 0 Å². The molecule has 1 rings (SSSR count). The molecule has 16 heavy (non-hydrogen) atoms. The van der Waals surface area contributed by atoms with E-state index in [0.717, 1.165) is 19.8 Å². The third kappa shape index (κ3) is 5.83. The molecule has 1 fully saturated rings. The van der Waals surface area contributed by atoms with Gasteiger partial charge in [0.2, 0.25) is 0 Å². The number of hydrogen-bond acceptors (Lipinski definition) is 3. The first kappa shape index (κ1) is 13.9. The molecule has 0 amide bonds. The zero-order valence-corrected chi connectivity index (χ0v) is 11.2. The molecular weight excluding hydrogens is 200 g/mol. The Bertz CT molecular complexity index is 173. The van der Waals surface area contributed by atoms with Crippen LogP contribution in [0.3, 0.4) is 0 Å². The molecule has 0 saturated carbocycles. The summed E-state index contributed by atoms with van der Waals surface area (Å²) < 4.78 is 5.65. The molecule has 1 aliphatic rings. The van der Waals surface area contributed by atoms with Crippen LogP contribution in [-0.2, 0) is 4.74 Å². The van der Waals surface area contributed by atoms with Gasteiger partial charge in [-0.2, -0.15) is 0 Å². The number of nitrogens with zero attached hydrogens (tertiary/aromatic N) is 1. The van der Waals surface area contributed by atoms with Gasteiger partial charge >= 0.3 is 0 Å². The molecule has 1 saturated heterocycles. The van der Waals surface area contributed by atoms with E-state index in [9.17, 15) is 0 Å². The second-order valence-corrected chi connectivity index (χ2v) is 5.18. The van der Waals surface area contributed by atoms with Crippen LogP contribution in [0, 0.1) is 5.92 Å². The quantitative estimate of drug-likeness (QED) is 0.701. The topological polar surface area (TPSA) is 24.5 Å². The predicted molar refractivity (Wildman–Crippen MR) is 68.8 cm³/mol. The van der Waals surface area contributed by atoms with Crippen LogP contribution in [0.25, 0.3) is 0 Å². The van der Waals surface area contributed by atoms with Gasteiger partial charge in [-0.05, 0) is 31.8 Å². The fourth-order valence-corrected chi connectivity index (χ4v) is 2.07. The minimum Gasteiger partial charge on any atom is -0.380 e. The number of ether oxygens (including phenoxy) is 1. The summed E-state index contributed by atoms with van der Waals surface area (Å²) in [6.45, 7) is 13.1. The summed E-state index contributed by atoms with van der Waals surface area (Å²) in [4.78, 5) is 2.54. The van der Waals surface area contributed by atoms with Crippen molar-refractivity contribution < 1.29 is 4.74 Å². The smallest absolute Gasteiger partial charge is 0.0593 e. The van der Waals surface area contributed by atoms with Crippen molar-refractivity contribution in [2.24, 2.45) is 5.92 Å². The molecule has 0 aromatic rings. The van der Waals surface area contributed by atoms with Crippen LogP contribution in [-0.4, -0.2) is 50.3 Å². The van der Waals surface area contributed by atoms with Gasteiger partial charge in [-0.25, -0.2) is 0 Å². The van der Waals surface area contributed by atoms with E-state index in [0.29, 0.717) is 12.0 Å². The van der Waals surface area contributed by atoms with E-state index >= 15 is 0 Å². The lowest BCUT2D eigenvalue weighted by molar-refractivity contribution is 0.0848. The summed E-state index contributed by atoms with van der Waals surface area (Å²) in [5, 5.41) is 3.59. The summed E-state index contributed by atoms with van der Waals surface area (Å²) in [5.41, 5.74) is 0. The van der Waals surface area contributed by atoms with Crippen LogP contribution in [0.15, 0.2) is 0 Å². The van der Waals surface area contributed by atoms with Crippen LogP contribution >= 0.6 is 0 Å².